The highest BCUT2D eigenvalue weighted by Gasteiger charge is 2.46. The lowest BCUT2D eigenvalue weighted by Gasteiger charge is -2.28. The molecule has 2 aliphatic rings. The highest BCUT2D eigenvalue weighted by atomic mass is 16.5. The molecule has 0 radical (unpaired) electrons. The van der Waals surface area contributed by atoms with Crippen LogP contribution in [0.2, 0.25) is 0 Å². The fraction of sp³-hybridized carbons (Fsp3) is 0.438. The first-order valence-electron chi connectivity index (χ1n) is 14.5. The van der Waals surface area contributed by atoms with Crippen molar-refractivity contribution >= 4 is 5.97 Å². The Morgan fingerprint density at radius 3 is 2.48 bits per heavy atom. The van der Waals surface area contributed by atoms with Gasteiger partial charge in [0.15, 0.2) is 0 Å². The van der Waals surface area contributed by atoms with E-state index in [1.54, 1.807) is 4.68 Å². The molecule has 1 N–H and O–H groups in total. The Kier molecular flexibility index (Phi) is 7.17. The van der Waals surface area contributed by atoms with Gasteiger partial charge in [-0.15, -0.1) is 5.10 Å². The Morgan fingerprint density at radius 2 is 1.75 bits per heavy atom. The van der Waals surface area contributed by atoms with E-state index in [1.165, 1.54) is 38.3 Å². The molecule has 2 aromatic heterocycles. The number of carboxylic acids is 1. The minimum atomic E-state index is -0.967. The molecule has 8 heteroatoms. The van der Waals surface area contributed by atoms with Crippen molar-refractivity contribution in [2.75, 3.05) is 0 Å². The molecule has 2 aliphatic carbocycles. The van der Waals surface area contributed by atoms with Crippen molar-refractivity contribution in [3.05, 3.63) is 77.9 Å². The molecule has 1 unspecified atom stereocenters. The summed E-state index contributed by atoms with van der Waals surface area (Å²) in [4.78, 5) is 12.2. The molecule has 0 saturated heterocycles. The Morgan fingerprint density at radius 1 is 1.00 bits per heavy atom. The number of aromatic nitrogens is 5. The summed E-state index contributed by atoms with van der Waals surface area (Å²) in [5.74, 6) is 0.676. The van der Waals surface area contributed by atoms with Gasteiger partial charge in [0.1, 0.15) is 11.3 Å². The molecular formula is C32H37N5O3. The van der Waals surface area contributed by atoms with Gasteiger partial charge in [0, 0.05) is 24.1 Å². The molecule has 2 fully saturated rings. The van der Waals surface area contributed by atoms with Crippen LogP contribution in [0.4, 0.5) is 0 Å². The minimum Gasteiger partial charge on any atom is -0.490 e. The van der Waals surface area contributed by atoms with Crippen molar-refractivity contribution < 1.29 is 14.6 Å². The van der Waals surface area contributed by atoms with E-state index in [0.29, 0.717) is 11.6 Å². The number of benzene rings is 2. The van der Waals surface area contributed by atoms with Crippen LogP contribution in [0.5, 0.6) is 5.75 Å². The SMILES string of the molecule is CC(Oc1cccc(-c2cccc(-n3ncc(C(=O)O)c3[C@@H]3C[C@H]3c3cn(C(C)C)nn3)c2)c1)C1CCCCC1. The maximum atomic E-state index is 12.2. The molecule has 208 valence electrons. The fourth-order valence-electron chi connectivity index (χ4n) is 6.10. The molecule has 8 nitrogen and oxygen atoms in total. The van der Waals surface area contributed by atoms with Gasteiger partial charge >= 0.3 is 5.97 Å². The van der Waals surface area contributed by atoms with Gasteiger partial charge in [-0.1, -0.05) is 48.7 Å². The van der Waals surface area contributed by atoms with Crippen LogP contribution >= 0.6 is 0 Å². The van der Waals surface area contributed by atoms with E-state index in [2.05, 4.69) is 60.4 Å². The molecule has 2 heterocycles. The number of hydrogen-bond acceptors (Lipinski definition) is 5. The lowest BCUT2D eigenvalue weighted by molar-refractivity contribution is 0.0695. The Hall–Kier alpha value is -3.94. The standard InChI is InChI=1S/C32H37N5O3/c1-20(2)36-19-30(34-35-36)27-17-28(27)31-29(32(38)39)18-33-37(31)25-13-7-11-23(15-25)24-12-8-14-26(16-24)40-21(3)22-9-5-4-6-10-22/h7-8,11-16,18-22,27-28H,4-6,9-10,17H2,1-3H3,(H,38,39)/t21?,27-,28-/m1/s1. The molecule has 2 aromatic carbocycles. The summed E-state index contributed by atoms with van der Waals surface area (Å²) in [6.07, 6.45) is 10.9. The third-order valence-corrected chi connectivity index (χ3v) is 8.51. The molecule has 0 spiro atoms. The maximum absolute atomic E-state index is 12.2. The summed E-state index contributed by atoms with van der Waals surface area (Å²) in [6.45, 7) is 6.32. The van der Waals surface area contributed by atoms with Crippen LogP contribution in [-0.4, -0.2) is 42.0 Å². The van der Waals surface area contributed by atoms with Crippen molar-refractivity contribution in [3.8, 4) is 22.6 Å². The molecule has 6 rings (SSSR count). The number of rotatable bonds is 9. The largest absolute Gasteiger partial charge is 0.490 e. The average Bonchev–Trinajstić information content (AvgIpc) is 3.37. The number of ether oxygens (including phenoxy) is 1. The second-order valence-electron chi connectivity index (χ2n) is 11.6. The quantitative estimate of drug-likeness (QED) is 0.245. The number of carboxylic acid groups (broad SMARTS) is 1. The van der Waals surface area contributed by atoms with Crippen LogP contribution in [0.15, 0.2) is 60.9 Å². The van der Waals surface area contributed by atoms with Gasteiger partial charge in [0.05, 0.1) is 29.4 Å². The zero-order chi connectivity index (χ0) is 27.8. The van der Waals surface area contributed by atoms with Gasteiger partial charge in [0.2, 0.25) is 0 Å². The Labute approximate surface area is 235 Å². The summed E-state index contributed by atoms with van der Waals surface area (Å²) in [5.41, 5.74) is 4.76. The number of nitrogens with zero attached hydrogens (tertiary/aromatic N) is 5. The molecular weight excluding hydrogens is 502 g/mol. The van der Waals surface area contributed by atoms with Crippen molar-refractivity contribution in [3.63, 3.8) is 0 Å². The van der Waals surface area contributed by atoms with E-state index < -0.39 is 5.97 Å². The Balaban J connectivity index is 1.27. The predicted octanol–water partition coefficient (Wildman–Crippen LogP) is 7.03. The fourth-order valence-corrected chi connectivity index (χ4v) is 6.10. The highest BCUT2D eigenvalue weighted by molar-refractivity contribution is 5.89. The first-order valence-corrected chi connectivity index (χ1v) is 14.5. The van der Waals surface area contributed by atoms with Crippen LogP contribution in [0.1, 0.15) is 98.9 Å². The smallest absolute Gasteiger partial charge is 0.339 e. The molecule has 3 atom stereocenters. The second-order valence-corrected chi connectivity index (χ2v) is 11.6. The lowest BCUT2D eigenvalue weighted by atomic mass is 9.86. The van der Waals surface area contributed by atoms with Gasteiger partial charge in [-0.2, -0.15) is 5.10 Å². The number of carbonyl (C=O) groups is 1. The summed E-state index contributed by atoms with van der Waals surface area (Å²) in [5, 5.41) is 23.1. The van der Waals surface area contributed by atoms with Gasteiger partial charge in [-0.3, -0.25) is 0 Å². The van der Waals surface area contributed by atoms with Crippen LogP contribution in [0, 0.1) is 5.92 Å². The monoisotopic (exact) mass is 539 g/mol. The molecule has 2 saturated carbocycles. The van der Waals surface area contributed by atoms with Crippen LogP contribution < -0.4 is 4.74 Å². The zero-order valence-corrected chi connectivity index (χ0v) is 23.4. The molecule has 0 amide bonds. The summed E-state index contributed by atoms with van der Waals surface area (Å²) in [6, 6.07) is 16.6. The summed E-state index contributed by atoms with van der Waals surface area (Å²) < 4.78 is 10.0. The zero-order valence-electron chi connectivity index (χ0n) is 23.4. The first-order chi connectivity index (χ1) is 19.4. The van der Waals surface area contributed by atoms with E-state index in [4.69, 9.17) is 4.74 Å². The molecule has 4 aromatic rings. The normalized spacial score (nSPS) is 20.0. The third-order valence-electron chi connectivity index (χ3n) is 8.51. The first kappa shape index (κ1) is 26.3. The second kappa shape index (κ2) is 10.9. The van der Waals surface area contributed by atoms with E-state index in [9.17, 15) is 9.90 Å². The van der Waals surface area contributed by atoms with Crippen molar-refractivity contribution in [2.24, 2.45) is 5.92 Å². The van der Waals surface area contributed by atoms with E-state index >= 15 is 0 Å². The van der Waals surface area contributed by atoms with Crippen LogP contribution in [0.3, 0.4) is 0 Å². The highest BCUT2D eigenvalue weighted by Crippen LogP contribution is 2.55. The third kappa shape index (κ3) is 5.27. The van der Waals surface area contributed by atoms with Crippen molar-refractivity contribution in [1.82, 2.24) is 24.8 Å². The van der Waals surface area contributed by atoms with Gasteiger partial charge < -0.3 is 9.84 Å². The summed E-state index contributed by atoms with van der Waals surface area (Å²) >= 11 is 0. The van der Waals surface area contributed by atoms with Gasteiger partial charge in [-0.25, -0.2) is 14.2 Å². The average molecular weight is 540 g/mol. The lowest BCUT2D eigenvalue weighted by Crippen LogP contribution is -2.25. The van der Waals surface area contributed by atoms with Crippen LogP contribution in [0.25, 0.3) is 16.8 Å². The van der Waals surface area contributed by atoms with E-state index in [-0.39, 0.29) is 29.5 Å². The number of hydrogen-bond donors (Lipinski definition) is 1. The Bertz CT molecular complexity index is 1500. The van der Waals surface area contributed by atoms with E-state index in [0.717, 1.165) is 34.7 Å². The van der Waals surface area contributed by atoms with Crippen LogP contribution in [-0.2, 0) is 0 Å². The van der Waals surface area contributed by atoms with E-state index in [1.807, 2.05) is 35.1 Å². The maximum Gasteiger partial charge on any atom is 0.339 e. The number of aromatic carboxylic acids is 1. The molecule has 0 aliphatic heterocycles. The summed E-state index contributed by atoms with van der Waals surface area (Å²) in [7, 11) is 0. The van der Waals surface area contributed by atoms with Gasteiger partial charge in [0.25, 0.3) is 0 Å². The van der Waals surface area contributed by atoms with Crippen molar-refractivity contribution in [1.29, 1.82) is 0 Å². The van der Waals surface area contributed by atoms with Crippen molar-refractivity contribution in [2.45, 2.75) is 83.3 Å². The van der Waals surface area contributed by atoms with Gasteiger partial charge in [-0.05, 0) is 81.3 Å². The molecule has 40 heavy (non-hydrogen) atoms. The molecule has 0 bridgehead atoms. The topological polar surface area (TPSA) is 95.1 Å². The predicted molar refractivity (Wildman–Crippen MR) is 153 cm³/mol. The minimum absolute atomic E-state index is 0.0209.